The summed E-state index contributed by atoms with van der Waals surface area (Å²) in [5, 5.41) is 3.27. The molecule has 1 aromatic carbocycles. The second-order valence-corrected chi connectivity index (χ2v) is 5.55. The summed E-state index contributed by atoms with van der Waals surface area (Å²) in [6.45, 7) is 6.05. The van der Waals surface area contributed by atoms with Crippen molar-refractivity contribution in [3.05, 3.63) is 59.0 Å². The van der Waals surface area contributed by atoms with Gasteiger partial charge in [0.05, 0.1) is 12.3 Å². The molecule has 0 amide bonds. The first kappa shape index (κ1) is 14.2. The first-order valence-electron chi connectivity index (χ1n) is 6.70. The maximum absolute atomic E-state index is 5.77. The maximum Gasteiger partial charge on any atom is 0.117 e. The molecule has 0 aliphatic heterocycles. The van der Waals surface area contributed by atoms with E-state index in [2.05, 4.69) is 55.6 Å². The number of rotatable bonds is 7. The Morgan fingerprint density at radius 3 is 2.63 bits per heavy atom. The normalized spacial score (nSPS) is 10.8. The van der Waals surface area contributed by atoms with Crippen LogP contribution < -0.4 is 5.32 Å². The predicted octanol–water partition coefficient (Wildman–Crippen LogP) is 4.13. The zero-order valence-corrected chi connectivity index (χ0v) is 12.4. The minimum atomic E-state index is 0.818. The van der Waals surface area contributed by atoms with Gasteiger partial charge in [0.1, 0.15) is 11.5 Å². The first-order valence-corrected chi connectivity index (χ1v) is 7.85. The zero-order chi connectivity index (χ0) is 13.5. The molecular formula is C16H21NOS. The van der Waals surface area contributed by atoms with Gasteiger partial charge in [-0.05, 0) is 36.7 Å². The van der Waals surface area contributed by atoms with Crippen molar-refractivity contribution in [1.29, 1.82) is 0 Å². The molecule has 0 saturated heterocycles. The monoisotopic (exact) mass is 275 g/mol. The quantitative estimate of drug-likeness (QED) is 0.822. The van der Waals surface area contributed by atoms with Crippen molar-refractivity contribution in [3.63, 3.8) is 0 Å². The SMILES string of the molecule is CCNCc1ccc(CSCc2ccccc2C)o1. The maximum atomic E-state index is 5.77. The van der Waals surface area contributed by atoms with E-state index in [-0.39, 0.29) is 0 Å². The van der Waals surface area contributed by atoms with Crippen LogP contribution in [0.1, 0.15) is 29.6 Å². The Morgan fingerprint density at radius 1 is 1.05 bits per heavy atom. The summed E-state index contributed by atoms with van der Waals surface area (Å²) >= 11 is 1.90. The van der Waals surface area contributed by atoms with Gasteiger partial charge < -0.3 is 9.73 Å². The van der Waals surface area contributed by atoms with E-state index in [4.69, 9.17) is 4.42 Å². The van der Waals surface area contributed by atoms with Gasteiger partial charge in [-0.3, -0.25) is 0 Å². The summed E-state index contributed by atoms with van der Waals surface area (Å²) in [6.07, 6.45) is 0. The Labute approximate surface area is 119 Å². The third-order valence-corrected chi connectivity index (χ3v) is 4.03. The molecule has 2 aromatic rings. The molecule has 0 atom stereocenters. The number of thioether (sulfide) groups is 1. The highest BCUT2D eigenvalue weighted by Crippen LogP contribution is 2.21. The lowest BCUT2D eigenvalue weighted by atomic mass is 10.1. The average Bonchev–Trinajstić information content (AvgIpc) is 2.86. The number of hydrogen-bond acceptors (Lipinski definition) is 3. The van der Waals surface area contributed by atoms with Gasteiger partial charge >= 0.3 is 0 Å². The summed E-state index contributed by atoms with van der Waals surface area (Å²) in [4.78, 5) is 0. The van der Waals surface area contributed by atoms with Crippen LogP contribution in [0.2, 0.25) is 0 Å². The molecule has 2 rings (SSSR count). The van der Waals surface area contributed by atoms with Crippen LogP contribution >= 0.6 is 11.8 Å². The predicted molar refractivity (Wildman–Crippen MR) is 82.3 cm³/mol. The molecule has 1 aromatic heterocycles. The summed E-state index contributed by atoms with van der Waals surface area (Å²) < 4.78 is 5.77. The average molecular weight is 275 g/mol. The molecule has 19 heavy (non-hydrogen) atoms. The third-order valence-electron chi connectivity index (χ3n) is 3.03. The van der Waals surface area contributed by atoms with Crippen LogP contribution in [0.25, 0.3) is 0 Å². The van der Waals surface area contributed by atoms with Crippen molar-refractivity contribution in [2.75, 3.05) is 6.54 Å². The van der Waals surface area contributed by atoms with E-state index < -0.39 is 0 Å². The standard InChI is InChI=1S/C16H21NOS/c1-3-17-10-15-8-9-16(18-15)12-19-11-14-7-5-4-6-13(14)2/h4-9,17H,3,10-12H2,1-2H3. The number of benzene rings is 1. The molecule has 2 nitrogen and oxygen atoms in total. The summed E-state index contributed by atoms with van der Waals surface area (Å²) in [5.74, 6) is 4.05. The van der Waals surface area contributed by atoms with Gasteiger partial charge in [-0.1, -0.05) is 31.2 Å². The van der Waals surface area contributed by atoms with E-state index in [1.54, 1.807) is 0 Å². The van der Waals surface area contributed by atoms with Gasteiger partial charge in [0.25, 0.3) is 0 Å². The van der Waals surface area contributed by atoms with Gasteiger partial charge in [0, 0.05) is 5.75 Å². The van der Waals surface area contributed by atoms with Crippen LogP contribution in [0.15, 0.2) is 40.8 Å². The molecule has 0 aliphatic rings. The number of furan rings is 1. The molecular weight excluding hydrogens is 254 g/mol. The minimum absolute atomic E-state index is 0.818. The van der Waals surface area contributed by atoms with Crippen LogP contribution in [-0.4, -0.2) is 6.54 Å². The van der Waals surface area contributed by atoms with Crippen molar-refractivity contribution in [1.82, 2.24) is 5.32 Å². The molecule has 0 bridgehead atoms. The first-order chi connectivity index (χ1) is 9.29. The van der Waals surface area contributed by atoms with Crippen LogP contribution in [0.5, 0.6) is 0 Å². The highest BCUT2D eigenvalue weighted by molar-refractivity contribution is 7.97. The van der Waals surface area contributed by atoms with Crippen LogP contribution in [-0.2, 0) is 18.1 Å². The largest absolute Gasteiger partial charge is 0.464 e. The van der Waals surface area contributed by atoms with E-state index in [1.807, 2.05) is 11.8 Å². The van der Waals surface area contributed by atoms with Crippen molar-refractivity contribution in [2.45, 2.75) is 31.9 Å². The lowest BCUT2D eigenvalue weighted by molar-refractivity contribution is 0.463. The Hall–Kier alpha value is -1.19. The fourth-order valence-corrected chi connectivity index (χ4v) is 2.88. The lowest BCUT2D eigenvalue weighted by Gasteiger charge is -2.04. The Morgan fingerprint density at radius 2 is 1.84 bits per heavy atom. The van der Waals surface area contributed by atoms with Gasteiger partial charge in [-0.15, -0.1) is 11.8 Å². The van der Waals surface area contributed by atoms with E-state index >= 15 is 0 Å². The van der Waals surface area contributed by atoms with Crippen molar-refractivity contribution >= 4 is 11.8 Å². The van der Waals surface area contributed by atoms with Gasteiger partial charge in [-0.2, -0.15) is 0 Å². The molecule has 0 unspecified atom stereocenters. The number of aryl methyl sites for hydroxylation is 1. The van der Waals surface area contributed by atoms with Crippen LogP contribution in [0.4, 0.5) is 0 Å². The van der Waals surface area contributed by atoms with Gasteiger partial charge in [0.15, 0.2) is 0 Å². The Bertz CT molecular complexity index is 507. The summed E-state index contributed by atoms with van der Waals surface area (Å²) in [5.41, 5.74) is 2.77. The van der Waals surface area contributed by atoms with Gasteiger partial charge in [0.2, 0.25) is 0 Å². The van der Waals surface area contributed by atoms with E-state index in [0.29, 0.717) is 0 Å². The Balaban J connectivity index is 1.79. The molecule has 3 heteroatoms. The Kier molecular flexibility index (Phi) is 5.55. The van der Waals surface area contributed by atoms with Crippen molar-refractivity contribution in [2.24, 2.45) is 0 Å². The molecule has 0 fully saturated rings. The van der Waals surface area contributed by atoms with E-state index in [1.165, 1.54) is 11.1 Å². The molecule has 102 valence electrons. The van der Waals surface area contributed by atoms with Crippen LogP contribution in [0.3, 0.4) is 0 Å². The second-order valence-electron chi connectivity index (χ2n) is 4.57. The molecule has 0 radical (unpaired) electrons. The third kappa shape index (κ3) is 4.44. The number of hydrogen-bond donors (Lipinski definition) is 1. The minimum Gasteiger partial charge on any atom is -0.464 e. The molecule has 0 aliphatic carbocycles. The van der Waals surface area contributed by atoms with Crippen molar-refractivity contribution < 1.29 is 4.42 Å². The highest BCUT2D eigenvalue weighted by atomic mass is 32.2. The second kappa shape index (κ2) is 7.41. The molecule has 0 saturated carbocycles. The number of nitrogens with one attached hydrogen (secondary N) is 1. The van der Waals surface area contributed by atoms with E-state index in [0.717, 1.165) is 36.1 Å². The fourth-order valence-electron chi connectivity index (χ4n) is 1.88. The molecule has 0 spiro atoms. The smallest absolute Gasteiger partial charge is 0.117 e. The molecule has 1 heterocycles. The van der Waals surface area contributed by atoms with Gasteiger partial charge in [-0.25, -0.2) is 0 Å². The van der Waals surface area contributed by atoms with Crippen molar-refractivity contribution in [3.8, 4) is 0 Å². The lowest BCUT2D eigenvalue weighted by Crippen LogP contribution is -2.10. The van der Waals surface area contributed by atoms with E-state index in [9.17, 15) is 0 Å². The van der Waals surface area contributed by atoms with Crippen LogP contribution in [0, 0.1) is 6.92 Å². The summed E-state index contributed by atoms with van der Waals surface area (Å²) in [6, 6.07) is 12.7. The fraction of sp³-hybridized carbons (Fsp3) is 0.375. The molecule has 1 N–H and O–H groups in total. The zero-order valence-electron chi connectivity index (χ0n) is 11.6. The summed E-state index contributed by atoms with van der Waals surface area (Å²) in [7, 11) is 0. The topological polar surface area (TPSA) is 25.2 Å². The highest BCUT2D eigenvalue weighted by Gasteiger charge is 2.03.